The quantitative estimate of drug-likeness (QED) is 0.645. The smallest absolute Gasteiger partial charge is 0.242 e. The summed E-state index contributed by atoms with van der Waals surface area (Å²) >= 11 is 0. The predicted octanol–water partition coefficient (Wildman–Crippen LogP) is -0.345. The first-order valence-electron chi connectivity index (χ1n) is 4.54. The molecule has 78 valence electrons. The van der Waals surface area contributed by atoms with Gasteiger partial charge < -0.3 is 10.3 Å². The molecule has 0 aromatic carbocycles. The molecule has 1 aromatic rings. The van der Waals surface area contributed by atoms with Gasteiger partial charge in [-0.25, -0.2) is 13.1 Å². The van der Waals surface area contributed by atoms with Crippen molar-refractivity contribution in [3.63, 3.8) is 0 Å². The topological polar surface area (TPSA) is 74.0 Å². The van der Waals surface area contributed by atoms with Gasteiger partial charge in [0.15, 0.2) is 0 Å². The van der Waals surface area contributed by atoms with Crippen molar-refractivity contribution < 1.29 is 8.42 Å². The molecule has 0 unspecified atom stereocenters. The molecule has 1 atom stereocenters. The van der Waals surface area contributed by atoms with Crippen LogP contribution in [0.2, 0.25) is 0 Å². The molecule has 0 saturated carbocycles. The first kappa shape index (κ1) is 9.70. The largest absolute Gasteiger partial charge is 0.366 e. The Labute approximate surface area is 83.0 Å². The highest BCUT2D eigenvalue weighted by Crippen LogP contribution is 2.09. The van der Waals surface area contributed by atoms with Gasteiger partial charge in [-0.2, -0.15) is 0 Å². The van der Waals surface area contributed by atoms with E-state index in [9.17, 15) is 8.42 Å². The molecule has 0 aliphatic carbocycles. The van der Waals surface area contributed by atoms with Gasteiger partial charge in [-0.3, -0.25) is 0 Å². The number of rotatable bonds is 3. The molecule has 0 amide bonds. The number of hydrogen-bond donors (Lipinski definition) is 3. The molecule has 6 heteroatoms. The monoisotopic (exact) mass is 215 g/mol. The molecule has 5 nitrogen and oxygen atoms in total. The normalized spacial score (nSPS) is 22.7. The molecule has 1 saturated heterocycles. The summed E-state index contributed by atoms with van der Waals surface area (Å²) in [4.78, 5) is 3.02. The summed E-state index contributed by atoms with van der Waals surface area (Å²) in [5, 5.41) is 3.11. The maximum Gasteiger partial charge on any atom is 0.242 e. The first-order chi connectivity index (χ1) is 6.68. The van der Waals surface area contributed by atoms with Crippen LogP contribution in [-0.2, 0) is 10.0 Å². The van der Waals surface area contributed by atoms with E-state index in [4.69, 9.17) is 0 Å². The minimum atomic E-state index is -3.32. The van der Waals surface area contributed by atoms with E-state index in [1.54, 1.807) is 12.3 Å². The van der Waals surface area contributed by atoms with Crippen molar-refractivity contribution >= 4 is 10.0 Å². The standard InChI is InChI=1S/C8H13N3O2S/c12-14(13,8-2-4-10-6-8)11-7-1-3-9-5-7/h2,4,6-7,9-11H,1,3,5H2/t7-/m1/s1. The van der Waals surface area contributed by atoms with Gasteiger partial charge in [0.25, 0.3) is 0 Å². The van der Waals surface area contributed by atoms with Crippen LogP contribution < -0.4 is 10.0 Å². The summed E-state index contributed by atoms with van der Waals surface area (Å²) in [5.41, 5.74) is 0. The van der Waals surface area contributed by atoms with Crippen molar-refractivity contribution in [1.82, 2.24) is 15.0 Å². The van der Waals surface area contributed by atoms with E-state index in [0.717, 1.165) is 13.0 Å². The lowest BCUT2D eigenvalue weighted by atomic mass is 10.3. The molecule has 0 spiro atoms. The Kier molecular flexibility index (Phi) is 2.58. The number of H-pyrrole nitrogens is 1. The lowest BCUT2D eigenvalue weighted by Crippen LogP contribution is -2.35. The van der Waals surface area contributed by atoms with E-state index in [-0.39, 0.29) is 6.04 Å². The molecule has 1 aliphatic rings. The molecule has 2 heterocycles. The molecule has 1 fully saturated rings. The van der Waals surface area contributed by atoms with E-state index >= 15 is 0 Å². The predicted molar refractivity (Wildman–Crippen MR) is 52.4 cm³/mol. The Balaban J connectivity index is 2.09. The van der Waals surface area contributed by atoms with Crippen molar-refractivity contribution in [3.8, 4) is 0 Å². The van der Waals surface area contributed by atoms with Gasteiger partial charge in [0, 0.05) is 25.0 Å². The second kappa shape index (κ2) is 3.72. The number of nitrogens with one attached hydrogen (secondary N) is 3. The third-order valence-corrected chi connectivity index (χ3v) is 3.78. The molecule has 14 heavy (non-hydrogen) atoms. The Hall–Kier alpha value is -0.850. The number of aromatic nitrogens is 1. The third kappa shape index (κ3) is 1.97. The van der Waals surface area contributed by atoms with Crippen LogP contribution >= 0.6 is 0 Å². The molecule has 0 radical (unpaired) electrons. The van der Waals surface area contributed by atoms with Crippen LogP contribution in [0.25, 0.3) is 0 Å². The molecular formula is C8H13N3O2S. The lowest BCUT2D eigenvalue weighted by molar-refractivity contribution is 0.560. The molecule has 3 N–H and O–H groups in total. The molecular weight excluding hydrogens is 202 g/mol. The van der Waals surface area contributed by atoms with Crippen LogP contribution in [0.15, 0.2) is 23.4 Å². The number of aromatic amines is 1. The van der Waals surface area contributed by atoms with Gasteiger partial charge in [0.2, 0.25) is 10.0 Å². The molecule has 1 aliphatic heterocycles. The fourth-order valence-corrected chi connectivity index (χ4v) is 2.76. The molecule has 2 rings (SSSR count). The minimum Gasteiger partial charge on any atom is -0.366 e. The fraction of sp³-hybridized carbons (Fsp3) is 0.500. The van der Waals surface area contributed by atoms with Gasteiger partial charge in [-0.05, 0) is 19.0 Å². The SMILES string of the molecule is O=S(=O)(N[C@@H]1CCNC1)c1cc[nH]c1. The van der Waals surface area contributed by atoms with E-state index in [1.807, 2.05) is 0 Å². The van der Waals surface area contributed by atoms with Crippen molar-refractivity contribution in [2.45, 2.75) is 17.4 Å². The summed E-state index contributed by atoms with van der Waals surface area (Å²) in [7, 11) is -3.32. The van der Waals surface area contributed by atoms with E-state index in [0.29, 0.717) is 11.4 Å². The van der Waals surface area contributed by atoms with E-state index in [2.05, 4.69) is 15.0 Å². The highest BCUT2D eigenvalue weighted by Gasteiger charge is 2.22. The second-order valence-electron chi connectivity index (χ2n) is 3.36. The lowest BCUT2D eigenvalue weighted by Gasteiger charge is -2.10. The Bertz CT molecular complexity index is 379. The van der Waals surface area contributed by atoms with Gasteiger partial charge in [0.1, 0.15) is 0 Å². The maximum atomic E-state index is 11.7. The van der Waals surface area contributed by atoms with E-state index in [1.165, 1.54) is 6.20 Å². The van der Waals surface area contributed by atoms with Crippen LogP contribution in [0.5, 0.6) is 0 Å². The van der Waals surface area contributed by atoms with Crippen molar-refractivity contribution in [1.29, 1.82) is 0 Å². The van der Waals surface area contributed by atoms with Crippen molar-refractivity contribution in [3.05, 3.63) is 18.5 Å². The fourth-order valence-electron chi connectivity index (χ4n) is 1.52. The van der Waals surface area contributed by atoms with Gasteiger partial charge >= 0.3 is 0 Å². The zero-order chi connectivity index (χ0) is 10.0. The van der Waals surface area contributed by atoms with Crippen molar-refractivity contribution in [2.24, 2.45) is 0 Å². The second-order valence-corrected chi connectivity index (χ2v) is 5.07. The maximum absolute atomic E-state index is 11.7. The summed E-state index contributed by atoms with van der Waals surface area (Å²) in [6, 6.07) is 1.57. The summed E-state index contributed by atoms with van der Waals surface area (Å²) in [6.45, 7) is 1.59. The van der Waals surface area contributed by atoms with Gasteiger partial charge in [-0.1, -0.05) is 0 Å². The van der Waals surface area contributed by atoms with Crippen molar-refractivity contribution in [2.75, 3.05) is 13.1 Å². The molecule has 0 bridgehead atoms. The molecule has 1 aromatic heterocycles. The van der Waals surface area contributed by atoms with Crippen LogP contribution in [0.4, 0.5) is 0 Å². The van der Waals surface area contributed by atoms with E-state index < -0.39 is 10.0 Å². The van der Waals surface area contributed by atoms with Crippen LogP contribution in [-0.4, -0.2) is 32.5 Å². The Morgan fingerprint density at radius 3 is 2.93 bits per heavy atom. The zero-order valence-corrected chi connectivity index (χ0v) is 8.47. The summed E-state index contributed by atoms with van der Waals surface area (Å²) in [5.74, 6) is 0. The Morgan fingerprint density at radius 1 is 1.50 bits per heavy atom. The number of sulfonamides is 1. The highest BCUT2D eigenvalue weighted by atomic mass is 32.2. The third-order valence-electron chi connectivity index (χ3n) is 2.26. The first-order valence-corrected chi connectivity index (χ1v) is 6.03. The average Bonchev–Trinajstić information content (AvgIpc) is 2.71. The van der Waals surface area contributed by atoms with Crippen LogP contribution in [0, 0.1) is 0 Å². The van der Waals surface area contributed by atoms with Gasteiger partial charge in [-0.15, -0.1) is 0 Å². The Morgan fingerprint density at radius 2 is 2.36 bits per heavy atom. The minimum absolute atomic E-state index is 0.0231. The van der Waals surface area contributed by atoms with Crippen LogP contribution in [0.3, 0.4) is 0 Å². The highest BCUT2D eigenvalue weighted by molar-refractivity contribution is 7.89. The zero-order valence-electron chi connectivity index (χ0n) is 7.66. The number of hydrogen-bond acceptors (Lipinski definition) is 3. The van der Waals surface area contributed by atoms with Crippen LogP contribution in [0.1, 0.15) is 6.42 Å². The summed E-state index contributed by atoms with van der Waals surface area (Å²) < 4.78 is 26.0. The van der Waals surface area contributed by atoms with Gasteiger partial charge in [0.05, 0.1) is 4.90 Å². The average molecular weight is 215 g/mol. The summed E-state index contributed by atoms with van der Waals surface area (Å²) in [6.07, 6.45) is 3.93.